The van der Waals surface area contributed by atoms with Gasteiger partial charge in [-0.2, -0.15) is 0 Å². The van der Waals surface area contributed by atoms with Crippen molar-refractivity contribution >= 4 is 11.6 Å². The quantitative estimate of drug-likeness (QED) is 0.736. The molecule has 1 aromatic carbocycles. The number of amides is 1. The number of nitrogens with one attached hydrogen (secondary N) is 2. The summed E-state index contributed by atoms with van der Waals surface area (Å²) in [5.74, 6) is -0.0267. The van der Waals surface area contributed by atoms with Crippen molar-refractivity contribution in [2.24, 2.45) is 0 Å². The molecule has 4 nitrogen and oxygen atoms in total. The topological polar surface area (TPSA) is 50.4 Å². The maximum Gasteiger partial charge on any atom is 0.239 e. The van der Waals surface area contributed by atoms with Gasteiger partial charge in [0.25, 0.3) is 0 Å². The van der Waals surface area contributed by atoms with E-state index in [9.17, 15) is 4.79 Å². The SMILES string of the molecule is COCCNC(=O)CNc1cc(C)cc(C)c1. The zero-order valence-corrected chi connectivity index (χ0v) is 10.7. The van der Waals surface area contributed by atoms with Crippen LogP contribution in [-0.2, 0) is 9.53 Å². The zero-order valence-electron chi connectivity index (χ0n) is 10.7. The number of carbonyl (C=O) groups excluding carboxylic acids is 1. The number of aryl methyl sites for hydroxylation is 2. The minimum atomic E-state index is -0.0267. The van der Waals surface area contributed by atoms with Crippen molar-refractivity contribution in [3.63, 3.8) is 0 Å². The summed E-state index contributed by atoms with van der Waals surface area (Å²) in [4.78, 5) is 11.4. The molecule has 94 valence electrons. The Hall–Kier alpha value is -1.55. The summed E-state index contributed by atoms with van der Waals surface area (Å²) in [5, 5.41) is 5.86. The Bertz CT molecular complexity index is 357. The minimum Gasteiger partial charge on any atom is -0.383 e. The maximum atomic E-state index is 11.4. The van der Waals surface area contributed by atoms with Crippen molar-refractivity contribution in [3.8, 4) is 0 Å². The first-order chi connectivity index (χ1) is 8.11. The van der Waals surface area contributed by atoms with E-state index in [2.05, 4.69) is 16.7 Å². The van der Waals surface area contributed by atoms with E-state index in [4.69, 9.17) is 4.74 Å². The fourth-order valence-corrected chi connectivity index (χ4v) is 1.61. The van der Waals surface area contributed by atoms with Crippen LogP contribution in [0.3, 0.4) is 0 Å². The van der Waals surface area contributed by atoms with Gasteiger partial charge in [0.1, 0.15) is 0 Å². The number of methoxy groups -OCH3 is 1. The van der Waals surface area contributed by atoms with Gasteiger partial charge in [-0.25, -0.2) is 0 Å². The molecule has 0 atom stereocenters. The molecule has 0 unspecified atom stereocenters. The van der Waals surface area contributed by atoms with Crippen molar-refractivity contribution in [2.75, 3.05) is 32.1 Å². The molecule has 0 aliphatic carbocycles. The molecule has 17 heavy (non-hydrogen) atoms. The Morgan fingerprint density at radius 1 is 1.24 bits per heavy atom. The molecule has 0 aliphatic heterocycles. The number of rotatable bonds is 6. The molecule has 1 amide bonds. The van der Waals surface area contributed by atoms with E-state index in [-0.39, 0.29) is 12.5 Å². The van der Waals surface area contributed by atoms with Gasteiger partial charge in [-0.3, -0.25) is 4.79 Å². The summed E-state index contributed by atoms with van der Waals surface area (Å²) in [6.45, 7) is 5.44. The van der Waals surface area contributed by atoms with Crippen LogP contribution in [0.5, 0.6) is 0 Å². The van der Waals surface area contributed by atoms with Gasteiger partial charge in [-0.15, -0.1) is 0 Å². The first-order valence-electron chi connectivity index (χ1n) is 5.69. The lowest BCUT2D eigenvalue weighted by atomic mass is 10.1. The molecular formula is C13H20N2O2. The van der Waals surface area contributed by atoms with Crippen LogP contribution in [0, 0.1) is 13.8 Å². The standard InChI is InChI=1S/C13H20N2O2/c1-10-6-11(2)8-12(7-10)15-9-13(16)14-4-5-17-3/h6-8,15H,4-5,9H2,1-3H3,(H,14,16). The Kier molecular flexibility index (Phi) is 5.49. The predicted octanol–water partition coefficient (Wildman–Crippen LogP) is 1.48. The van der Waals surface area contributed by atoms with Gasteiger partial charge in [-0.05, 0) is 37.1 Å². The van der Waals surface area contributed by atoms with E-state index >= 15 is 0 Å². The fourth-order valence-electron chi connectivity index (χ4n) is 1.61. The van der Waals surface area contributed by atoms with E-state index in [1.165, 1.54) is 11.1 Å². The van der Waals surface area contributed by atoms with E-state index < -0.39 is 0 Å². The third-order valence-corrected chi connectivity index (χ3v) is 2.30. The molecule has 0 saturated heterocycles. The van der Waals surface area contributed by atoms with Crippen molar-refractivity contribution in [3.05, 3.63) is 29.3 Å². The highest BCUT2D eigenvalue weighted by atomic mass is 16.5. The van der Waals surface area contributed by atoms with Crippen LogP contribution in [-0.4, -0.2) is 32.7 Å². The van der Waals surface area contributed by atoms with Crippen molar-refractivity contribution in [1.29, 1.82) is 0 Å². The summed E-state index contributed by atoms with van der Waals surface area (Å²) < 4.78 is 4.85. The molecule has 2 N–H and O–H groups in total. The Morgan fingerprint density at radius 2 is 1.88 bits per heavy atom. The lowest BCUT2D eigenvalue weighted by Gasteiger charge is -2.09. The molecule has 0 bridgehead atoms. The van der Waals surface area contributed by atoms with Crippen LogP contribution >= 0.6 is 0 Å². The third kappa shape index (κ3) is 5.36. The van der Waals surface area contributed by atoms with Crippen LogP contribution in [0.2, 0.25) is 0 Å². The molecule has 4 heteroatoms. The number of ether oxygens (including phenoxy) is 1. The average molecular weight is 236 g/mol. The largest absolute Gasteiger partial charge is 0.383 e. The molecule has 0 radical (unpaired) electrons. The van der Waals surface area contributed by atoms with Crippen LogP contribution in [0.4, 0.5) is 5.69 Å². The van der Waals surface area contributed by atoms with Crippen molar-refractivity contribution in [2.45, 2.75) is 13.8 Å². The Balaban J connectivity index is 2.36. The van der Waals surface area contributed by atoms with Crippen LogP contribution < -0.4 is 10.6 Å². The molecule has 0 fully saturated rings. The zero-order chi connectivity index (χ0) is 12.7. The van der Waals surface area contributed by atoms with Gasteiger partial charge >= 0.3 is 0 Å². The van der Waals surface area contributed by atoms with E-state index in [1.807, 2.05) is 26.0 Å². The lowest BCUT2D eigenvalue weighted by molar-refractivity contribution is -0.119. The second kappa shape index (κ2) is 6.91. The summed E-state index contributed by atoms with van der Waals surface area (Å²) in [7, 11) is 1.61. The van der Waals surface area contributed by atoms with Gasteiger partial charge in [0.2, 0.25) is 5.91 Å². The van der Waals surface area contributed by atoms with Crippen molar-refractivity contribution in [1.82, 2.24) is 5.32 Å². The molecule has 0 saturated carbocycles. The van der Waals surface area contributed by atoms with Gasteiger partial charge < -0.3 is 15.4 Å². The molecule has 1 aromatic rings. The van der Waals surface area contributed by atoms with Crippen LogP contribution in [0.1, 0.15) is 11.1 Å². The number of carbonyl (C=O) groups is 1. The number of benzene rings is 1. The highest BCUT2D eigenvalue weighted by Crippen LogP contribution is 2.13. The van der Waals surface area contributed by atoms with Gasteiger partial charge in [0.05, 0.1) is 13.2 Å². The number of hydrogen-bond acceptors (Lipinski definition) is 3. The highest BCUT2D eigenvalue weighted by Gasteiger charge is 2.01. The molecule has 0 aliphatic rings. The van der Waals surface area contributed by atoms with Gasteiger partial charge in [0.15, 0.2) is 0 Å². The van der Waals surface area contributed by atoms with Gasteiger partial charge in [-0.1, -0.05) is 6.07 Å². The first kappa shape index (κ1) is 13.5. The normalized spacial score (nSPS) is 10.1. The molecular weight excluding hydrogens is 216 g/mol. The number of hydrogen-bond donors (Lipinski definition) is 2. The predicted molar refractivity (Wildman–Crippen MR) is 69.3 cm³/mol. The Labute approximate surface area is 102 Å². The first-order valence-corrected chi connectivity index (χ1v) is 5.69. The molecule has 0 aromatic heterocycles. The molecule has 0 spiro atoms. The highest BCUT2D eigenvalue weighted by molar-refractivity contribution is 5.80. The van der Waals surface area contributed by atoms with E-state index in [0.717, 1.165) is 5.69 Å². The lowest BCUT2D eigenvalue weighted by Crippen LogP contribution is -2.32. The number of anilines is 1. The van der Waals surface area contributed by atoms with Gasteiger partial charge in [0, 0.05) is 19.3 Å². The molecule has 1 rings (SSSR count). The second-order valence-corrected chi connectivity index (χ2v) is 4.07. The van der Waals surface area contributed by atoms with Crippen LogP contribution in [0.25, 0.3) is 0 Å². The van der Waals surface area contributed by atoms with Crippen LogP contribution in [0.15, 0.2) is 18.2 Å². The summed E-state index contributed by atoms with van der Waals surface area (Å²) in [5.41, 5.74) is 3.35. The molecule has 0 heterocycles. The summed E-state index contributed by atoms with van der Waals surface area (Å²) in [6.07, 6.45) is 0. The van der Waals surface area contributed by atoms with E-state index in [1.54, 1.807) is 7.11 Å². The average Bonchev–Trinajstić information content (AvgIpc) is 2.25. The minimum absolute atomic E-state index is 0.0267. The Morgan fingerprint density at radius 3 is 2.47 bits per heavy atom. The van der Waals surface area contributed by atoms with E-state index in [0.29, 0.717) is 13.2 Å². The third-order valence-electron chi connectivity index (χ3n) is 2.30. The monoisotopic (exact) mass is 236 g/mol. The second-order valence-electron chi connectivity index (χ2n) is 4.07. The summed E-state index contributed by atoms with van der Waals surface area (Å²) >= 11 is 0. The smallest absolute Gasteiger partial charge is 0.239 e. The van der Waals surface area contributed by atoms with Crippen molar-refractivity contribution < 1.29 is 9.53 Å². The summed E-state index contributed by atoms with van der Waals surface area (Å²) in [6, 6.07) is 6.15. The maximum absolute atomic E-state index is 11.4. The fraction of sp³-hybridized carbons (Fsp3) is 0.462.